The van der Waals surface area contributed by atoms with E-state index in [2.05, 4.69) is 21.2 Å². The normalized spacial score (nSPS) is 19.9. The molecule has 20 heavy (non-hydrogen) atoms. The van der Waals surface area contributed by atoms with Gasteiger partial charge in [-0.3, -0.25) is 9.69 Å². The van der Waals surface area contributed by atoms with Crippen LogP contribution in [0.2, 0.25) is 5.02 Å². The van der Waals surface area contributed by atoms with E-state index in [0.29, 0.717) is 10.7 Å². The van der Waals surface area contributed by atoms with Crippen LogP contribution in [0.25, 0.3) is 0 Å². The molecule has 0 bridgehead atoms. The predicted octanol–water partition coefficient (Wildman–Crippen LogP) is 2.89. The summed E-state index contributed by atoms with van der Waals surface area (Å²) in [6.45, 7) is 1.25. The lowest BCUT2D eigenvalue weighted by molar-refractivity contribution is -0.118. The molecular weight excluding hydrogens is 344 g/mol. The van der Waals surface area contributed by atoms with Crippen molar-refractivity contribution < 1.29 is 9.90 Å². The highest BCUT2D eigenvalue weighted by Gasteiger charge is 2.23. The van der Waals surface area contributed by atoms with Gasteiger partial charge in [0, 0.05) is 10.5 Å². The molecule has 0 aromatic heterocycles. The van der Waals surface area contributed by atoms with Crippen LogP contribution in [-0.2, 0) is 4.79 Å². The zero-order chi connectivity index (χ0) is 14.5. The third kappa shape index (κ3) is 4.19. The average molecular weight is 362 g/mol. The Morgan fingerprint density at radius 3 is 3.00 bits per heavy atom. The molecule has 2 rings (SSSR count). The van der Waals surface area contributed by atoms with Crippen LogP contribution in [-0.4, -0.2) is 41.7 Å². The molecular formula is C14H18BrClN2O2. The number of halogens is 2. The number of piperidine rings is 1. The number of nitrogens with zero attached hydrogens (tertiary/aromatic N) is 1. The Morgan fingerprint density at radius 2 is 2.30 bits per heavy atom. The number of benzene rings is 1. The summed E-state index contributed by atoms with van der Waals surface area (Å²) < 4.78 is 0.872. The lowest BCUT2D eigenvalue weighted by Crippen LogP contribution is -2.45. The summed E-state index contributed by atoms with van der Waals surface area (Å²) in [6.07, 6.45) is 3.13. The van der Waals surface area contributed by atoms with Gasteiger partial charge in [0.1, 0.15) is 0 Å². The van der Waals surface area contributed by atoms with Crippen molar-refractivity contribution in [3.63, 3.8) is 0 Å². The Labute approximate surface area is 132 Å². The van der Waals surface area contributed by atoms with E-state index in [1.165, 1.54) is 0 Å². The number of amides is 1. The zero-order valence-corrected chi connectivity index (χ0v) is 13.5. The van der Waals surface area contributed by atoms with Crippen molar-refractivity contribution in [2.45, 2.75) is 25.3 Å². The summed E-state index contributed by atoms with van der Waals surface area (Å²) in [5.74, 6) is -0.102. The minimum absolute atomic E-state index is 0.0925. The van der Waals surface area contributed by atoms with Gasteiger partial charge in [-0.2, -0.15) is 0 Å². The number of aliphatic hydroxyl groups excluding tert-OH is 1. The van der Waals surface area contributed by atoms with Gasteiger partial charge in [0.15, 0.2) is 0 Å². The van der Waals surface area contributed by atoms with Crippen LogP contribution in [0.15, 0.2) is 22.7 Å². The van der Waals surface area contributed by atoms with Gasteiger partial charge in [-0.15, -0.1) is 0 Å². The number of carbonyl (C=O) groups is 1. The summed E-state index contributed by atoms with van der Waals surface area (Å²) in [7, 11) is 0. The molecule has 1 aromatic rings. The summed E-state index contributed by atoms with van der Waals surface area (Å²) in [5, 5.41) is 12.7. The number of hydrogen-bond acceptors (Lipinski definition) is 3. The van der Waals surface area contributed by atoms with Crippen molar-refractivity contribution in [3.05, 3.63) is 27.7 Å². The molecule has 0 spiro atoms. The Hall–Kier alpha value is -0.620. The first-order chi connectivity index (χ1) is 9.60. The smallest absolute Gasteiger partial charge is 0.238 e. The number of carbonyl (C=O) groups excluding carboxylic acids is 1. The first-order valence-electron chi connectivity index (χ1n) is 6.70. The average Bonchev–Trinajstić information content (AvgIpc) is 2.42. The quantitative estimate of drug-likeness (QED) is 0.867. The number of hydrogen-bond donors (Lipinski definition) is 2. The maximum atomic E-state index is 12.1. The van der Waals surface area contributed by atoms with E-state index in [4.69, 9.17) is 11.6 Å². The minimum atomic E-state index is -0.102. The highest BCUT2D eigenvalue weighted by molar-refractivity contribution is 9.10. The summed E-state index contributed by atoms with van der Waals surface area (Å²) in [5.41, 5.74) is 0.609. The zero-order valence-electron chi connectivity index (χ0n) is 11.1. The fourth-order valence-electron chi connectivity index (χ4n) is 2.44. The molecule has 1 heterocycles. The molecule has 1 unspecified atom stereocenters. The Balaban J connectivity index is 1.94. The highest BCUT2D eigenvalue weighted by Crippen LogP contribution is 2.25. The van der Waals surface area contributed by atoms with Gasteiger partial charge in [-0.05, 0) is 37.6 Å². The maximum absolute atomic E-state index is 12.1. The standard InChI is InChI=1S/C14H18BrClN2O2/c15-10-4-5-13(12(16)7-10)17-14(20)8-18-6-2-1-3-11(18)9-19/h4-5,7,11,19H,1-3,6,8-9H2,(H,17,20). The third-order valence-corrected chi connectivity index (χ3v) is 4.32. The Morgan fingerprint density at radius 1 is 1.50 bits per heavy atom. The van der Waals surface area contributed by atoms with Crippen LogP contribution >= 0.6 is 27.5 Å². The van der Waals surface area contributed by atoms with E-state index >= 15 is 0 Å². The predicted molar refractivity (Wildman–Crippen MR) is 84.1 cm³/mol. The van der Waals surface area contributed by atoms with Crippen molar-refractivity contribution in [3.8, 4) is 0 Å². The molecule has 0 aliphatic carbocycles. The van der Waals surface area contributed by atoms with Gasteiger partial charge in [0.05, 0.1) is 23.9 Å². The van der Waals surface area contributed by atoms with Crippen molar-refractivity contribution in [2.24, 2.45) is 0 Å². The molecule has 2 N–H and O–H groups in total. The molecule has 1 fully saturated rings. The molecule has 0 saturated carbocycles. The van der Waals surface area contributed by atoms with Gasteiger partial charge < -0.3 is 10.4 Å². The topological polar surface area (TPSA) is 52.6 Å². The van der Waals surface area contributed by atoms with Crippen molar-refractivity contribution in [2.75, 3.05) is 25.0 Å². The van der Waals surface area contributed by atoms with Gasteiger partial charge in [-0.25, -0.2) is 0 Å². The maximum Gasteiger partial charge on any atom is 0.238 e. The lowest BCUT2D eigenvalue weighted by Gasteiger charge is -2.33. The van der Waals surface area contributed by atoms with E-state index in [-0.39, 0.29) is 25.1 Å². The Bertz CT molecular complexity index is 484. The van der Waals surface area contributed by atoms with Crippen molar-refractivity contribution in [1.29, 1.82) is 0 Å². The van der Waals surface area contributed by atoms with Crippen LogP contribution in [0.4, 0.5) is 5.69 Å². The first-order valence-corrected chi connectivity index (χ1v) is 7.87. The van der Waals surface area contributed by atoms with Crippen LogP contribution in [0.5, 0.6) is 0 Å². The molecule has 0 radical (unpaired) electrons. The summed E-state index contributed by atoms with van der Waals surface area (Å²) in [6, 6.07) is 5.44. The first kappa shape index (κ1) is 15.8. The molecule has 1 aliphatic rings. The fourth-order valence-corrected chi connectivity index (χ4v) is 3.16. The van der Waals surface area contributed by atoms with Crippen LogP contribution in [0, 0.1) is 0 Å². The van der Waals surface area contributed by atoms with Crippen molar-refractivity contribution >= 4 is 39.1 Å². The SMILES string of the molecule is O=C(CN1CCCCC1CO)Nc1ccc(Br)cc1Cl. The summed E-state index contributed by atoms with van der Waals surface area (Å²) in [4.78, 5) is 14.1. The second kappa shape index (κ2) is 7.41. The Kier molecular flexibility index (Phi) is 5.84. The number of aliphatic hydroxyl groups is 1. The van der Waals surface area contributed by atoms with E-state index in [1.54, 1.807) is 12.1 Å². The van der Waals surface area contributed by atoms with Gasteiger partial charge in [-0.1, -0.05) is 34.0 Å². The third-order valence-electron chi connectivity index (χ3n) is 3.51. The number of nitrogens with one attached hydrogen (secondary N) is 1. The highest BCUT2D eigenvalue weighted by atomic mass is 79.9. The number of anilines is 1. The van der Waals surface area contributed by atoms with Gasteiger partial charge in [0.2, 0.25) is 5.91 Å². The van der Waals surface area contributed by atoms with E-state index in [1.807, 2.05) is 11.0 Å². The molecule has 4 nitrogen and oxygen atoms in total. The molecule has 6 heteroatoms. The summed E-state index contributed by atoms with van der Waals surface area (Å²) >= 11 is 9.40. The molecule has 1 atom stereocenters. The monoisotopic (exact) mass is 360 g/mol. The number of likely N-dealkylation sites (tertiary alicyclic amines) is 1. The molecule has 1 aromatic carbocycles. The minimum Gasteiger partial charge on any atom is -0.395 e. The molecule has 1 aliphatic heterocycles. The van der Waals surface area contributed by atoms with Gasteiger partial charge >= 0.3 is 0 Å². The molecule has 1 amide bonds. The second-order valence-electron chi connectivity index (χ2n) is 4.98. The molecule has 1 saturated heterocycles. The largest absolute Gasteiger partial charge is 0.395 e. The fraction of sp³-hybridized carbons (Fsp3) is 0.500. The van der Waals surface area contributed by atoms with Gasteiger partial charge in [0.25, 0.3) is 0 Å². The lowest BCUT2D eigenvalue weighted by atomic mass is 10.0. The van der Waals surface area contributed by atoms with E-state index in [9.17, 15) is 9.90 Å². The van der Waals surface area contributed by atoms with Crippen LogP contribution in [0.3, 0.4) is 0 Å². The van der Waals surface area contributed by atoms with E-state index < -0.39 is 0 Å². The van der Waals surface area contributed by atoms with Crippen molar-refractivity contribution in [1.82, 2.24) is 4.90 Å². The van der Waals surface area contributed by atoms with Crippen LogP contribution < -0.4 is 5.32 Å². The molecule has 110 valence electrons. The second-order valence-corrected chi connectivity index (χ2v) is 6.30. The van der Waals surface area contributed by atoms with E-state index in [0.717, 1.165) is 30.3 Å². The number of rotatable bonds is 4. The van der Waals surface area contributed by atoms with Crippen LogP contribution in [0.1, 0.15) is 19.3 Å².